The maximum atomic E-state index is 11.1. The predicted molar refractivity (Wildman–Crippen MR) is 67.1 cm³/mol. The zero-order valence-corrected chi connectivity index (χ0v) is 11.0. The minimum atomic E-state index is -1.84. The van der Waals surface area contributed by atoms with Gasteiger partial charge in [0, 0.05) is 0 Å². The van der Waals surface area contributed by atoms with E-state index in [9.17, 15) is 9.90 Å². The van der Waals surface area contributed by atoms with E-state index in [1.54, 1.807) is 13.0 Å². The summed E-state index contributed by atoms with van der Waals surface area (Å²) in [5.41, 5.74) is 0.338. The summed E-state index contributed by atoms with van der Waals surface area (Å²) in [5.74, 6) is -1.23. The number of rotatable bonds is 2. The first-order chi connectivity index (χ1) is 7.56. The molecule has 1 aromatic rings. The molecule has 0 radical (unpaired) electrons. The largest absolute Gasteiger partial charge is 0.479 e. The third-order valence-electron chi connectivity index (χ3n) is 3.04. The van der Waals surface area contributed by atoms with Gasteiger partial charge in [-0.25, -0.2) is 4.79 Å². The van der Waals surface area contributed by atoms with E-state index in [4.69, 9.17) is 5.11 Å². The molecule has 0 aromatic heterocycles. The van der Waals surface area contributed by atoms with E-state index in [2.05, 4.69) is 20.8 Å². The van der Waals surface area contributed by atoms with Crippen molar-refractivity contribution in [3.8, 4) is 0 Å². The molecule has 0 fully saturated rings. The highest BCUT2D eigenvalue weighted by Gasteiger charge is 2.34. The Morgan fingerprint density at radius 3 is 2.12 bits per heavy atom. The summed E-state index contributed by atoms with van der Waals surface area (Å²) in [6.07, 6.45) is 0. The van der Waals surface area contributed by atoms with Crippen LogP contribution < -0.4 is 0 Å². The predicted octanol–water partition coefficient (Wildman–Crippen LogP) is 2.58. The topological polar surface area (TPSA) is 57.5 Å². The van der Waals surface area contributed by atoms with Crippen LogP contribution in [0.4, 0.5) is 0 Å². The average Bonchev–Trinajstić information content (AvgIpc) is 2.15. The lowest BCUT2D eigenvalue weighted by Crippen LogP contribution is -2.33. The van der Waals surface area contributed by atoms with Crippen molar-refractivity contribution in [1.82, 2.24) is 0 Å². The number of carboxylic acids is 1. The van der Waals surface area contributed by atoms with Crippen molar-refractivity contribution in [2.75, 3.05) is 0 Å². The fraction of sp³-hybridized carbons (Fsp3) is 0.500. The summed E-state index contributed by atoms with van der Waals surface area (Å²) >= 11 is 0. The van der Waals surface area contributed by atoms with Crippen LogP contribution in [0.3, 0.4) is 0 Å². The Bertz CT molecular complexity index is 439. The second-order valence-electron chi connectivity index (χ2n) is 5.66. The highest BCUT2D eigenvalue weighted by molar-refractivity contribution is 5.79. The van der Waals surface area contributed by atoms with Gasteiger partial charge >= 0.3 is 5.97 Å². The molecule has 0 aliphatic rings. The quantitative estimate of drug-likeness (QED) is 0.829. The lowest BCUT2D eigenvalue weighted by atomic mass is 9.82. The fourth-order valence-corrected chi connectivity index (χ4v) is 1.73. The highest BCUT2D eigenvalue weighted by atomic mass is 16.4. The zero-order chi connectivity index (χ0) is 13.4. The Labute approximate surface area is 102 Å². The van der Waals surface area contributed by atoms with Gasteiger partial charge in [0.1, 0.15) is 0 Å². The van der Waals surface area contributed by atoms with Gasteiger partial charge in [-0.2, -0.15) is 0 Å². The molecule has 0 amide bonds. The molecule has 17 heavy (non-hydrogen) atoms. The van der Waals surface area contributed by atoms with Gasteiger partial charge in [0.15, 0.2) is 5.60 Å². The van der Waals surface area contributed by atoms with Crippen molar-refractivity contribution in [3.05, 3.63) is 34.9 Å². The van der Waals surface area contributed by atoms with E-state index < -0.39 is 11.6 Å². The number of hydrogen-bond acceptors (Lipinski definition) is 2. The molecule has 94 valence electrons. The number of aliphatic carboxylic acids is 1. The SMILES string of the molecule is Cc1ccc(C(C)(C)C)cc1C(C)(O)C(=O)O. The van der Waals surface area contributed by atoms with Gasteiger partial charge in [-0.05, 0) is 36.0 Å². The molecule has 0 heterocycles. The third-order valence-corrected chi connectivity index (χ3v) is 3.04. The summed E-state index contributed by atoms with van der Waals surface area (Å²) in [6.45, 7) is 9.27. The van der Waals surface area contributed by atoms with Crippen LogP contribution in [-0.2, 0) is 15.8 Å². The average molecular weight is 236 g/mol. The number of aliphatic hydroxyl groups is 1. The Morgan fingerprint density at radius 2 is 1.71 bits per heavy atom. The first kappa shape index (κ1) is 13.7. The normalized spacial score (nSPS) is 15.4. The maximum absolute atomic E-state index is 11.1. The van der Waals surface area contributed by atoms with Crippen LogP contribution in [0.5, 0.6) is 0 Å². The molecule has 3 heteroatoms. The lowest BCUT2D eigenvalue weighted by molar-refractivity contribution is -0.157. The van der Waals surface area contributed by atoms with E-state index in [1.165, 1.54) is 6.92 Å². The molecule has 0 saturated heterocycles. The minimum absolute atomic E-state index is 0.0724. The molecule has 1 rings (SSSR count). The van der Waals surface area contributed by atoms with Gasteiger partial charge < -0.3 is 10.2 Å². The Hall–Kier alpha value is -1.35. The lowest BCUT2D eigenvalue weighted by Gasteiger charge is -2.25. The van der Waals surface area contributed by atoms with Gasteiger partial charge in [-0.15, -0.1) is 0 Å². The van der Waals surface area contributed by atoms with Gasteiger partial charge in [-0.1, -0.05) is 39.0 Å². The van der Waals surface area contributed by atoms with Gasteiger partial charge in [0.25, 0.3) is 0 Å². The molecule has 0 aliphatic heterocycles. The molecule has 0 saturated carbocycles. The van der Waals surface area contributed by atoms with Crippen molar-refractivity contribution in [2.24, 2.45) is 0 Å². The van der Waals surface area contributed by atoms with Crippen molar-refractivity contribution >= 4 is 5.97 Å². The molecule has 1 atom stereocenters. The van der Waals surface area contributed by atoms with E-state index in [0.29, 0.717) is 5.56 Å². The van der Waals surface area contributed by atoms with Crippen LogP contribution in [0.1, 0.15) is 44.4 Å². The standard InChI is InChI=1S/C14H20O3/c1-9-6-7-10(13(2,3)4)8-11(9)14(5,17)12(15)16/h6-8,17H,1-5H3,(H,15,16). The Kier molecular flexibility index (Phi) is 3.35. The highest BCUT2D eigenvalue weighted by Crippen LogP contribution is 2.30. The molecule has 2 N–H and O–H groups in total. The van der Waals surface area contributed by atoms with Crippen LogP contribution in [0.15, 0.2) is 18.2 Å². The fourth-order valence-electron chi connectivity index (χ4n) is 1.73. The van der Waals surface area contributed by atoms with E-state index in [1.807, 2.05) is 12.1 Å². The van der Waals surface area contributed by atoms with Crippen molar-refractivity contribution in [2.45, 2.75) is 45.6 Å². The molecular formula is C14H20O3. The Balaban J connectivity index is 3.39. The van der Waals surface area contributed by atoms with Crippen LogP contribution in [0.25, 0.3) is 0 Å². The van der Waals surface area contributed by atoms with Crippen molar-refractivity contribution in [3.63, 3.8) is 0 Å². The minimum Gasteiger partial charge on any atom is -0.479 e. The first-order valence-electron chi connectivity index (χ1n) is 5.64. The van der Waals surface area contributed by atoms with Crippen LogP contribution in [0.2, 0.25) is 0 Å². The summed E-state index contributed by atoms with van der Waals surface area (Å²) in [5, 5.41) is 19.1. The third kappa shape index (κ3) is 2.67. The summed E-state index contributed by atoms with van der Waals surface area (Å²) in [4.78, 5) is 11.1. The van der Waals surface area contributed by atoms with E-state index in [-0.39, 0.29) is 5.41 Å². The molecule has 1 aromatic carbocycles. The zero-order valence-electron chi connectivity index (χ0n) is 11.0. The number of carbonyl (C=O) groups is 1. The van der Waals surface area contributed by atoms with Gasteiger partial charge in [-0.3, -0.25) is 0 Å². The number of benzene rings is 1. The van der Waals surface area contributed by atoms with E-state index >= 15 is 0 Å². The maximum Gasteiger partial charge on any atom is 0.340 e. The summed E-state index contributed by atoms with van der Waals surface area (Å²) in [6, 6.07) is 5.60. The molecule has 0 aliphatic carbocycles. The second kappa shape index (κ2) is 4.15. The van der Waals surface area contributed by atoms with Crippen LogP contribution >= 0.6 is 0 Å². The van der Waals surface area contributed by atoms with Gasteiger partial charge in [0.2, 0.25) is 0 Å². The van der Waals surface area contributed by atoms with Crippen LogP contribution in [0, 0.1) is 6.92 Å². The van der Waals surface area contributed by atoms with Crippen molar-refractivity contribution in [1.29, 1.82) is 0 Å². The molecular weight excluding hydrogens is 216 g/mol. The second-order valence-corrected chi connectivity index (χ2v) is 5.66. The smallest absolute Gasteiger partial charge is 0.340 e. The molecule has 3 nitrogen and oxygen atoms in total. The Morgan fingerprint density at radius 1 is 1.18 bits per heavy atom. The first-order valence-corrected chi connectivity index (χ1v) is 5.64. The van der Waals surface area contributed by atoms with Crippen molar-refractivity contribution < 1.29 is 15.0 Å². The monoisotopic (exact) mass is 236 g/mol. The van der Waals surface area contributed by atoms with E-state index in [0.717, 1.165) is 11.1 Å². The molecule has 0 bridgehead atoms. The summed E-state index contributed by atoms with van der Waals surface area (Å²) < 4.78 is 0. The number of carboxylic acid groups (broad SMARTS) is 1. The number of aryl methyl sites for hydroxylation is 1. The summed E-state index contributed by atoms with van der Waals surface area (Å²) in [7, 11) is 0. The van der Waals surface area contributed by atoms with Gasteiger partial charge in [0.05, 0.1) is 0 Å². The molecule has 1 unspecified atom stereocenters. The number of hydrogen-bond donors (Lipinski definition) is 2. The van der Waals surface area contributed by atoms with Crippen LogP contribution in [-0.4, -0.2) is 16.2 Å². The molecule has 0 spiro atoms.